The van der Waals surface area contributed by atoms with E-state index in [2.05, 4.69) is 11.1 Å². The first kappa shape index (κ1) is 14.6. The zero-order chi connectivity index (χ0) is 15.6. The highest BCUT2D eigenvalue weighted by atomic mass is 32.2. The number of nitrogens with one attached hydrogen (secondary N) is 1. The Hall–Kier alpha value is -1.98. The Kier molecular flexibility index (Phi) is 3.97. The minimum Gasteiger partial charge on any atom is -0.325 e. The van der Waals surface area contributed by atoms with E-state index < -0.39 is 0 Å². The second kappa shape index (κ2) is 6.26. The van der Waals surface area contributed by atoms with Crippen molar-refractivity contribution in [2.75, 3.05) is 0 Å². The van der Waals surface area contributed by atoms with Gasteiger partial charge < -0.3 is 4.98 Å². The first-order chi connectivity index (χ1) is 11.3. The number of hydrogen-bond donors (Lipinski definition) is 1. The highest BCUT2D eigenvalue weighted by Gasteiger charge is 2.13. The number of aliphatic imine (C=N–C) groups is 1. The standard InChI is InChI=1S/C18H14N2OS2/c21-17-15-7-3-1-5-12(15)9-14(19-17)11-23-18-20-16-8-4-2-6-13(16)10-22-18/h1-9H,10-11H2,(H,19,21). The maximum Gasteiger partial charge on any atom is 0.256 e. The molecule has 3 nitrogen and oxygen atoms in total. The largest absolute Gasteiger partial charge is 0.325 e. The third-order valence-corrected chi connectivity index (χ3v) is 6.01. The van der Waals surface area contributed by atoms with Crippen molar-refractivity contribution in [3.63, 3.8) is 0 Å². The van der Waals surface area contributed by atoms with E-state index in [1.54, 1.807) is 23.5 Å². The average molecular weight is 338 g/mol. The monoisotopic (exact) mass is 338 g/mol. The number of para-hydroxylation sites is 1. The lowest BCUT2D eigenvalue weighted by molar-refractivity contribution is 1.15. The van der Waals surface area contributed by atoms with Crippen LogP contribution in [0.1, 0.15) is 11.3 Å². The molecule has 1 aliphatic heterocycles. The highest BCUT2D eigenvalue weighted by molar-refractivity contribution is 8.38. The van der Waals surface area contributed by atoms with Crippen LogP contribution in [0.4, 0.5) is 5.69 Å². The molecular weight excluding hydrogens is 324 g/mol. The van der Waals surface area contributed by atoms with E-state index in [-0.39, 0.29) is 5.56 Å². The predicted molar refractivity (Wildman–Crippen MR) is 101 cm³/mol. The summed E-state index contributed by atoms with van der Waals surface area (Å²) in [5, 5.41) is 1.72. The van der Waals surface area contributed by atoms with Gasteiger partial charge in [0.15, 0.2) is 0 Å². The topological polar surface area (TPSA) is 45.2 Å². The number of hydrogen-bond acceptors (Lipinski definition) is 4. The number of rotatable bonds is 2. The van der Waals surface area contributed by atoms with E-state index in [1.807, 2.05) is 48.5 Å². The van der Waals surface area contributed by atoms with Crippen molar-refractivity contribution in [1.29, 1.82) is 0 Å². The van der Waals surface area contributed by atoms with Gasteiger partial charge in [0.25, 0.3) is 5.56 Å². The molecule has 4 rings (SSSR count). The van der Waals surface area contributed by atoms with Gasteiger partial charge in [-0.1, -0.05) is 59.9 Å². The molecule has 0 spiro atoms. The SMILES string of the molecule is O=c1[nH]c(CSC2=Nc3ccccc3CS2)cc2ccccc12. The fourth-order valence-corrected chi connectivity index (χ4v) is 4.54. The third-order valence-electron chi connectivity index (χ3n) is 3.71. The molecule has 114 valence electrons. The molecule has 5 heteroatoms. The molecule has 2 heterocycles. The maximum absolute atomic E-state index is 12.1. The highest BCUT2D eigenvalue weighted by Crippen LogP contribution is 2.35. The van der Waals surface area contributed by atoms with Gasteiger partial charge in [0, 0.05) is 22.6 Å². The lowest BCUT2D eigenvalue weighted by Gasteiger charge is -2.14. The number of aromatic amines is 1. The maximum atomic E-state index is 12.1. The molecule has 0 aliphatic carbocycles. The van der Waals surface area contributed by atoms with Crippen LogP contribution in [0.15, 0.2) is 64.4 Å². The molecule has 0 radical (unpaired) electrons. The smallest absolute Gasteiger partial charge is 0.256 e. The van der Waals surface area contributed by atoms with E-state index in [1.165, 1.54) is 5.56 Å². The Labute approximate surface area is 142 Å². The fourth-order valence-electron chi connectivity index (χ4n) is 2.57. The second-order valence-electron chi connectivity index (χ2n) is 5.29. The normalized spacial score (nSPS) is 13.7. The number of pyridine rings is 1. The van der Waals surface area contributed by atoms with Gasteiger partial charge in [-0.05, 0) is 29.1 Å². The van der Waals surface area contributed by atoms with Crippen molar-refractivity contribution in [1.82, 2.24) is 4.98 Å². The summed E-state index contributed by atoms with van der Waals surface area (Å²) < 4.78 is 1.05. The van der Waals surface area contributed by atoms with Crippen LogP contribution >= 0.6 is 23.5 Å². The van der Waals surface area contributed by atoms with Crippen molar-refractivity contribution in [3.8, 4) is 0 Å². The van der Waals surface area contributed by atoms with E-state index in [9.17, 15) is 4.79 Å². The van der Waals surface area contributed by atoms with Crippen LogP contribution in [0.5, 0.6) is 0 Å². The first-order valence-electron chi connectivity index (χ1n) is 7.33. The quantitative estimate of drug-likeness (QED) is 0.737. The van der Waals surface area contributed by atoms with Crippen LogP contribution in [-0.2, 0) is 11.5 Å². The molecule has 0 saturated heterocycles. The Morgan fingerprint density at radius 1 is 1.13 bits per heavy atom. The fraction of sp³-hybridized carbons (Fsp3) is 0.111. The number of nitrogens with zero attached hydrogens (tertiary/aromatic N) is 1. The van der Waals surface area contributed by atoms with Gasteiger partial charge in [-0.25, -0.2) is 4.99 Å². The molecule has 0 atom stereocenters. The molecule has 1 N–H and O–H groups in total. The summed E-state index contributed by atoms with van der Waals surface area (Å²) in [6.07, 6.45) is 0. The van der Waals surface area contributed by atoms with Crippen LogP contribution < -0.4 is 5.56 Å². The number of aromatic nitrogens is 1. The molecular formula is C18H14N2OS2. The summed E-state index contributed by atoms with van der Waals surface area (Å²) in [6.45, 7) is 0. The van der Waals surface area contributed by atoms with Gasteiger partial charge in [-0.2, -0.15) is 0 Å². The van der Waals surface area contributed by atoms with Crippen molar-refractivity contribution < 1.29 is 0 Å². The minimum absolute atomic E-state index is 0.0257. The van der Waals surface area contributed by atoms with Gasteiger partial charge in [-0.15, -0.1) is 0 Å². The number of fused-ring (bicyclic) bond motifs is 2. The van der Waals surface area contributed by atoms with Crippen LogP contribution in [0.3, 0.4) is 0 Å². The van der Waals surface area contributed by atoms with E-state index in [4.69, 9.17) is 4.99 Å². The van der Waals surface area contributed by atoms with E-state index in [0.29, 0.717) is 5.75 Å². The van der Waals surface area contributed by atoms with Crippen molar-refractivity contribution in [2.45, 2.75) is 11.5 Å². The van der Waals surface area contributed by atoms with Crippen LogP contribution in [0, 0.1) is 0 Å². The number of thioether (sulfide) groups is 2. The molecule has 0 bridgehead atoms. The Bertz CT molecular complexity index is 962. The van der Waals surface area contributed by atoms with Gasteiger partial charge in [0.1, 0.15) is 4.38 Å². The van der Waals surface area contributed by atoms with Crippen LogP contribution in [0.25, 0.3) is 10.8 Å². The zero-order valence-electron chi connectivity index (χ0n) is 12.3. The van der Waals surface area contributed by atoms with Crippen molar-refractivity contribution in [3.05, 3.63) is 76.2 Å². The van der Waals surface area contributed by atoms with Gasteiger partial charge in [0.2, 0.25) is 0 Å². The number of H-pyrrole nitrogens is 1. The zero-order valence-corrected chi connectivity index (χ0v) is 13.9. The summed E-state index contributed by atoms with van der Waals surface area (Å²) >= 11 is 3.43. The average Bonchev–Trinajstić information content (AvgIpc) is 2.60. The molecule has 0 fully saturated rings. The summed E-state index contributed by atoms with van der Waals surface area (Å²) in [5.41, 5.74) is 3.24. The lowest BCUT2D eigenvalue weighted by atomic mass is 10.1. The molecule has 1 aliphatic rings. The van der Waals surface area contributed by atoms with Gasteiger partial charge in [-0.3, -0.25) is 4.79 Å². The molecule has 1 aromatic heterocycles. The summed E-state index contributed by atoms with van der Waals surface area (Å²) in [5.74, 6) is 1.67. The molecule has 0 saturated carbocycles. The van der Waals surface area contributed by atoms with Crippen molar-refractivity contribution >= 4 is 44.4 Å². The second-order valence-corrected chi connectivity index (χ2v) is 7.48. The van der Waals surface area contributed by atoms with Crippen molar-refractivity contribution in [2.24, 2.45) is 4.99 Å². The molecule has 2 aromatic carbocycles. The van der Waals surface area contributed by atoms with E-state index >= 15 is 0 Å². The predicted octanol–water partition coefficient (Wildman–Crippen LogP) is 4.70. The molecule has 0 unspecified atom stereocenters. The van der Waals surface area contributed by atoms with Crippen LogP contribution in [0.2, 0.25) is 0 Å². The Balaban J connectivity index is 1.56. The van der Waals surface area contributed by atoms with Crippen LogP contribution in [-0.4, -0.2) is 9.36 Å². The Morgan fingerprint density at radius 3 is 2.91 bits per heavy atom. The Morgan fingerprint density at radius 2 is 1.96 bits per heavy atom. The summed E-state index contributed by atoms with van der Waals surface area (Å²) in [6, 6.07) is 17.9. The van der Waals surface area contributed by atoms with Gasteiger partial charge in [0.05, 0.1) is 5.69 Å². The molecule has 3 aromatic rings. The first-order valence-corrected chi connectivity index (χ1v) is 9.30. The molecule has 0 amide bonds. The van der Waals surface area contributed by atoms with E-state index in [0.717, 1.165) is 32.3 Å². The summed E-state index contributed by atoms with van der Waals surface area (Å²) in [7, 11) is 0. The lowest BCUT2D eigenvalue weighted by Crippen LogP contribution is -2.09. The van der Waals surface area contributed by atoms with Gasteiger partial charge >= 0.3 is 0 Å². The molecule has 23 heavy (non-hydrogen) atoms. The minimum atomic E-state index is -0.0257. The number of benzene rings is 2. The summed E-state index contributed by atoms with van der Waals surface area (Å²) in [4.78, 5) is 19.8. The third kappa shape index (κ3) is 3.07.